The summed E-state index contributed by atoms with van der Waals surface area (Å²) in [7, 11) is 2.04. The summed E-state index contributed by atoms with van der Waals surface area (Å²) in [5.74, 6) is 1.20. The van der Waals surface area contributed by atoms with Crippen LogP contribution in [0.3, 0.4) is 0 Å². The first-order chi connectivity index (χ1) is 14.9. The van der Waals surface area contributed by atoms with Gasteiger partial charge in [-0.05, 0) is 56.8 Å². The smallest absolute Gasteiger partial charge is 0.230 e. The van der Waals surface area contributed by atoms with Crippen molar-refractivity contribution in [1.82, 2.24) is 20.2 Å². The SMILES string of the molecule is CCNc1ccc2nc(SCC(=O)NCCCN(C)Cc3ccc(Cl)c(Cl)c3)sc2n1. The Balaban J connectivity index is 1.35. The Kier molecular flexibility index (Phi) is 9.22. The summed E-state index contributed by atoms with van der Waals surface area (Å²) in [5.41, 5.74) is 1.97. The highest BCUT2D eigenvalue weighted by Gasteiger charge is 2.10. The van der Waals surface area contributed by atoms with Crippen molar-refractivity contribution in [2.45, 2.75) is 24.2 Å². The van der Waals surface area contributed by atoms with Crippen molar-refractivity contribution in [3.05, 3.63) is 45.9 Å². The minimum atomic E-state index is 0.0118. The van der Waals surface area contributed by atoms with Crippen LogP contribution in [0.5, 0.6) is 0 Å². The molecule has 2 N–H and O–H groups in total. The molecule has 0 spiro atoms. The molecule has 2 aromatic heterocycles. The Hall–Kier alpha value is -1.58. The summed E-state index contributed by atoms with van der Waals surface area (Å²) >= 11 is 15.0. The summed E-state index contributed by atoms with van der Waals surface area (Å²) in [4.78, 5) is 24.3. The van der Waals surface area contributed by atoms with Crippen molar-refractivity contribution in [2.24, 2.45) is 0 Å². The van der Waals surface area contributed by atoms with Crippen LogP contribution >= 0.6 is 46.3 Å². The maximum Gasteiger partial charge on any atom is 0.230 e. The van der Waals surface area contributed by atoms with Crippen molar-refractivity contribution in [3.8, 4) is 0 Å². The fourth-order valence-electron chi connectivity index (χ4n) is 2.92. The molecule has 1 amide bonds. The molecule has 10 heteroatoms. The molecule has 0 saturated heterocycles. The van der Waals surface area contributed by atoms with Crippen molar-refractivity contribution < 1.29 is 4.79 Å². The van der Waals surface area contributed by atoms with Gasteiger partial charge in [-0.1, -0.05) is 52.4 Å². The van der Waals surface area contributed by atoms with Gasteiger partial charge in [0.25, 0.3) is 0 Å². The van der Waals surface area contributed by atoms with Crippen LogP contribution < -0.4 is 10.6 Å². The first-order valence-electron chi connectivity index (χ1n) is 9.98. The number of rotatable bonds is 11. The average Bonchev–Trinajstić information content (AvgIpc) is 3.15. The van der Waals surface area contributed by atoms with Crippen molar-refractivity contribution >= 4 is 68.4 Å². The lowest BCUT2D eigenvalue weighted by molar-refractivity contribution is -0.118. The van der Waals surface area contributed by atoms with Gasteiger partial charge < -0.3 is 15.5 Å². The molecule has 0 aliphatic heterocycles. The van der Waals surface area contributed by atoms with Crippen LogP contribution in [0.4, 0.5) is 5.82 Å². The third kappa shape index (κ3) is 7.50. The molecule has 3 rings (SSSR count). The van der Waals surface area contributed by atoms with E-state index in [2.05, 4.69) is 25.5 Å². The molecule has 31 heavy (non-hydrogen) atoms. The number of amides is 1. The van der Waals surface area contributed by atoms with Crippen molar-refractivity contribution in [3.63, 3.8) is 0 Å². The lowest BCUT2D eigenvalue weighted by Crippen LogP contribution is -2.29. The topological polar surface area (TPSA) is 70.2 Å². The zero-order chi connectivity index (χ0) is 22.2. The molecule has 2 heterocycles. The van der Waals surface area contributed by atoms with Crippen LogP contribution in [0.2, 0.25) is 10.0 Å². The average molecular weight is 499 g/mol. The van der Waals surface area contributed by atoms with Gasteiger partial charge in [0.2, 0.25) is 5.91 Å². The van der Waals surface area contributed by atoms with Crippen LogP contribution in [0.25, 0.3) is 10.3 Å². The number of benzene rings is 1. The minimum absolute atomic E-state index is 0.0118. The van der Waals surface area contributed by atoms with Gasteiger partial charge in [-0.3, -0.25) is 4.79 Å². The standard InChI is InChI=1S/C21H25Cl2N5OS2/c1-3-24-18-8-7-17-20(27-18)31-21(26-17)30-13-19(29)25-9-4-10-28(2)12-14-5-6-15(22)16(23)11-14/h5-8,11H,3-4,9-10,12-13H2,1-2H3,(H,24,27)(H,25,29). The van der Waals surface area contributed by atoms with E-state index in [1.807, 2.05) is 44.3 Å². The number of hydrogen-bond donors (Lipinski definition) is 2. The number of nitrogens with one attached hydrogen (secondary N) is 2. The molecule has 0 aliphatic rings. The first-order valence-corrected chi connectivity index (χ1v) is 12.5. The van der Waals surface area contributed by atoms with Crippen LogP contribution in [-0.4, -0.2) is 53.2 Å². The van der Waals surface area contributed by atoms with Gasteiger partial charge in [-0.2, -0.15) is 0 Å². The van der Waals surface area contributed by atoms with E-state index >= 15 is 0 Å². The molecule has 1 aromatic carbocycles. The summed E-state index contributed by atoms with van der Waals surface area (Å²) in [5, 5.41) is 7.30. The third-order valence-corrected chi connectivity index (χ3v) is 7.24. The number of carbonyl (C=O) groups excluding carboxylic acids is 1. The number of thioether (sulfide) groups is 1. The Morgan fingerprint density at radius 2 is 2.03 bits per heavy atom. The van der Waals surface area contributed by atoms with Crippen LogP contribution in [0.1, 0.15) is 18.9 Å². The minimum Gasteiger partial charge on any atom is -0.370 e. The Bertz CT molecular complexity index is 1030. The van der Waals surface area contributed by atoms with Gasteiger partial charge in [0.1, 0.15) is 16.2 Å². The van der Waals surface area contributed by atoms with Gasteiger partial charge in [0.05, 0.1) is 15.8 Å². The van der Waals surface area contributed by atoms with E-state index in [1.54, 1.807) is 0 Å². The van der Waals surface area contributed by atoms with E-state index in [-0.39, 0.29) is 5.91 Å². The van der Waals surface area contributed by atoms with E-state index in [1.165, 1.54) is 23.1 Å². The molecule has 0 saturated carbocycles. The summed E-state index contributed by atoms with van der Waals surface area (Å²) in [6, 6.07) is 9.55. The van der Waals surface area contributed by atoms with Crippen LogP contribution in [0, 0.1) is 0 Å². The number of hydrogen-bond acceptors (Lipinski definition) is 7. The van der Waals surface area contributed by atoms with Gasteiger partial charge in [0.15, 0.2) is 4.34 Å². The molecule has 0 unspecified atom stereocenters. The fourth-order valence-corrected chi connectivity index (χ4v) is 5.08. The molecule has 0 bridgehead atoms. The second-order valence-electron chi connectivity index (χ2n) is 7.01. The summed E-state index contributed by atoms with van der Waals surface area (Å²) in [6.07, 6.45) is 0.868. The van der Waals surface area contributed by atoms with Gasteiger partial charge in [0, 0.05) is 19.6 Å². The highest BCUT2D eigenvalue weighted by Crippen LogP contribution is 2.29. The van der Waals surface area contributed by atoms with Gasteiger partial charge >= 0.3 is 0 Å². The molecule has 0 atom stereocenters. The number of thiazole rings is 1. The maximum absolute atomic E-state index is 12.2. The molecule has 0 fully saturated rings. The van der Waals surface area contributed by atoms with E-state index in [4.69, 9.17) is 23.2 Å². The number of carbonyl (C=O) groups is 1. The predicted molar refractivity (Wildman–Crippen MR) is 133 cm³/mol. The molecule has 166 valence electrons. The van der Waals surface area contributed by atoms with E-state index < -0.39 is 0 Å². The third-order valence-electron chi connectivity index (χ3n) is 4.40. The number of fused-ring (bicyclic) bond motifs is 1. The predicted octanol–water partition coefficient (Wildman–Crippen LogP) is 5.16. The molecule has 0 radical (unpaired) electrons. The van der Waals surface area contributed by atoms with E-state index in [0.29, 0.717) is 22.3 Å². The van der Waals surface area contributed by atoms with Crippen molar-refractivity contribution in [2.75, 3.05) is 37.8 Å². The van der Waals surface area contributed by atoms with Crippen LogP contribution in [-0.2, 0) is 11.3 Å². The second-order valence-corrected chi connectivity index (χ2v) is 10.0. The quantitative estimate of drug-likeness (QED) is 0.281. The number of anilines is 1. The van der Waals surface area contributed by atoms with E-state index in [9.17, 15) is 4.79 Å². The summed E-state index contributed by atoms with van der Waals surface area (Å²) in [6.45, 7) is 5.14. The van der Waals surface area contributed by atoms with Crippen LogP contribution in [0.15, 0.2) is 34.7 Å². The monoisotopic (exact) mass is 497 g/mol. The molecule has 0 aliphatic carbocycles. The zero-order valence-corrected chi connectivity index (χ0v) is 20.6. The molecular weight excluding hydrogens is 473 g/mol. The Labute approximate surface area is 200 Å². The number of halogens is 2. The highest BCUT2D eigenvalue weighted by molar-refractivity contribution is 8.01. The normalized spacial score (nSPS) is 11.3. The van der Waals surface area contributed by atoms with E-state index in [0.717, 1.165) is 52.1 Å². The molecule has 6 nitrogen and oxygen atoms in total. The van der Waals surface area contributed by atoms with Gasteiger partial charge in [-0.25, -0.2) is 9.97 Å². The molecule has 3 aromatic rings. The zero-order valence-electron chi connectivity index (χ0n) is 17.5. The Morgan fingerprint density at radius 1 is 1.19 bits per heavy atom. The maximum atomic E-state index is 12.2. The van der Waals surface area contributed by atoms with Crippen molar-refractivity contribution in [1.29, 1.82) is 0 Å². The highest BCUT2D eigenvalue weighted by atomic mass is 35.5. The number of aromatic nitrogens is 2. The lowest BCUT2D eigenvalue weighted by atomic mass is 10.2. The lowest BCUT2D eigenvalue weighted by Gasteiger charge is -2.17. The Morgan fingerprint density at radius 3 is 2.81 bits per heavy atom. The summed E-state index contributed by atoms with van der Waals surface area (Å²) < 4.78 is 0.854. The number of pyridine rings is 1. The molecular formula is C21H25Cl2N5OS2. The number of nitrogens with zero attached hydrogens (tertiary/aromatic N) is 3. The fraction of sp³-hybridized carbons (Fsp3) is 0.381. The largest absolute Gasteiger partial charge is 0.370 e. The first kappa shape index (κ1) is 24.1. The second kappa shape index (κ2) is 11.9. The van der Waals surface area contributed by atoms with Gasteiger partial charge in [-0.15, -0.1) is 0 Å².